The maximum absolute atomic E-state index is 13.6. The van der Waals surface area contributed by atoms with E-state index in [2.05, 4.69) is 4.99 Å². The monoisotopic (exact) mass is 564 g/mol. The molecule has 38 heavy (non-hydrogen) atoms. The van der Waals surface area contributed by atoms with Crippen LogP contribution in [0.4, 0.5) is 0 Å². The molecule has 3 aromatic carbocycles. The largest absolute Gasteiger partial charge is 0.489 e. The molecule has 0 spiro atoms. The summed E-state index contributed by atoms with van der Waals surface area (Å²) in [4.78, 5) is 31.4. The van der Waals surface area contributed by atoms with Crippen molar-refractivity contribution in [3.05, 3.63) is 130 Å². The summed E-state index contributed by atoms with van der Waals surface area (Å²) in [6.07, 6.45) is 1.81. The highest BCUT2D eigenvalue weighted by atomic mass is 35.5. The molecule has 0 fully saturated rings. The number of methoxy groups -OCH3 is 1. The van der Waals surface area contributed by atoms with Crippen LogP contribution in [-0.4, -0.2) is 17.6 Å². The van der Waals surface area contributed by atoms with Crippen molar-refractivity contribution < 1.29 is 14.3 Å². The van der Waals surface area contributed by atoms with E-state index in [0.717, 1.165) is 16.7 Å². The fourth-order valence-electron chi connectivity index (χ4n) is 4.21. The molecule has 0 amide bonds. The molecule has 4 aromatic rings. The number of allylic oxidation sites excluding steroid dienone is 1. The number of hydrogen-bond acceptors (Lipinski definition) is 6. The Balaban J connectivity index is 1.48. The summed E-state index contributed by atoms with van der Waals surface area (Å²) in [5, 5.41) is 1.24. The Morgan fingerprint density at radius 3 is 2.26 bits per heavy atom. The van der Waals surface area contributed by atoms with Gasteiger partial charge in [0.15, 0.2) is 4.80 Å². The summed E-state index contributed by atoms with van der Waals surface area (Å²) in [5.41, 5.74) is 3.16. The van der Waals surface area contributed by atoms with E-state index >= 15 is 0 Å². The van der Waals surface area contributed by atoms with Crippen molar-refractivity contribution in [1.82, 2.24) is 4.57 Å². The molecule has 1 aliphatic rings. The smallest absolute Gasteiger partial charge is 0.338 e. The van der Waals surface area contributed by atoms with Crippen LogP contribution >= 0.6 is 34.5 Å². The third-order valence-electron chi connectivity index (χ3n) is 6.11. The summed E-state index contributed by atoms with van der Waals surface area (Å²) in [6, 6.07) is 21.4. The number of nitrogens with zero attached hydrogens (tertiary/aromatic N) is 2. The molecule has 2 heterocycles. The van der Waals surface area contributed by atoms with Gasteiger partial charge in [-0.3, -0.25) is 9.36 Å². The van der Waals surface area contributed by atoms with Crippen molar-refractivity contribution in [2.75, 3.05) is 7.11 Å². The Morgan fingerprint density at radius 1 is 1.00 bits per heavy atom. The Bertz CT molecular complexity index is 1700. The van der Waals surface area contributed by atoms with E-state index in [4.69, 9.17) is 32.7 Å². The van der Waals surface area contributed by atoms with Gasteiger partial charge in [0.05, 0.1) is 29.0 Å². The van der Waals surface area contributed by atoms with Crippen LogP contribution in [-0.2, 0) is 16.1 Å². The summed E-state index contributed by atoms with van der Waals surface area (Å²) < 4.78 is 12.9. The minimum atomic E-state index is -0.679. The number of ether oxygens (including phenoxy) is 2. The van der Waals surface area contributed by atoms with Gasteiger partial charge in [-0.1, -0.05) is 70.9 Å². The van der Waals surface area contributed by atoms with Crippen molar-refractivity contribution in [3.8, 4) is 5.75 Å². The molecule has 0 aliphatic carbocycles. The lowest BCUT2D eigenvalue weighted by Gasteiger charge is -2.24. The zero-order chi connectivity index (χ0) is 26.8. The highest BCUT2D eigenvalue weighted by molar-refractivity contribution is 7.07. The van der Waals surface area contributed by atoms with Gasteiger partial charge in [0.2, 0.25) is 0 Å². The fourth-order valence-corrected chi connectivity index (χ4v) is 5.51. The van der Waals surface area contributed by atoms with E-state index in [-0.39, 0.29) is 5.56 Å². The van der Waals surface area contributed by atoms with Crippen LogP contribution in [0.5, 0.6) is 5.75 Å². The number of rotatable bonds is 6. The Kier molecular flexibility index (Phi) is 7.51. The molecule has 1 aliphatic heterocycles. The van der Waals surface area contributed by atoms with Gasteiger partial charge in [-0.05, 0) is 66.1 Å². The lowest BCUT2D eigenvalue weighted by atomic mass is 9.96. The first-order chi connectivity index (χ1) is 18.3. The number of halogens is 2. The van der Waals surface area contributed by atoms with Crippen molar-refractivity contribution >= 4 is 46.6 Å². The van der Waals surface area contributed by atoms with Gasteiger partial charge in [0.1, 0.15) is 12.4 Å². The second kappa shape index (κ2) is 11.0. The second-order valence-corrected chi connectivity index (χ2v) is 10.5. The van der Waals surface area contributed by atoms with Crippen molar-refractivity contribution in [2.24, 2.45) is 4.99 Å². The van der Waals surface area contributed by atoms with Gasteiger partial charge < -0.3 is 9.47 Å². The zero-order valence-corrected chi connectivity index (χ0v) is 22.8. The molecule has 6 nitrogen and oxygen atoms in total. The quantitative estimate of drug-likeness (QED) is 0.298. The van der Waals surface area contributed by atoms with Crippen LogP contribution in [0, 0.1) is 0 Å². The number of aromatic nitrogens is 1. The van der Waals surface area contributed by atoms with E-state index in [1.165, 1.54) is 18.4 Å². The average Bonchev–Trinajstić information content (AvgIpc) is 3.22. The third-order valence-corrected chi connectivity index (χ3v) is 7.60. The molecule has 0 saturated carbocycles. The van der Waals surface area contributed by atoms with Crippen LogP contribution in [0.2, 0.25) is 10.0 Å². The molecule has 192 valence electrons. The molecule has 0 radical (unpaired) electrons. The Morgan fingerprint density at radius 2 is 1.63 bits per heavy atom. The van der Waals surface area contributed by atoms with Crippen LogP contribution in [0.3, 0.4) is 0 Å². The summed E-state index contributed by atoms with van der Waals surface area (Å²) in [7, 11) is 1.31. The lowest BCUT2D eigenvalue weighted by Crippen LogP contribution is -2.39. The molecular formula is C29H22Cl2N2O4S. The normalized spacial score (nSPS) is 15.2. The van der Waals surface area contributed by atoms with Gasteiger partial charge in [-0.2, -0.15) is 0 Å². The molecular weight excluding hydrogens is 543 g/mol. The zero-order valence-electron chi connectivity index (χ0n) is 20.5. The van der Waals surface area contributed by atoms with Crippen LogP contribution < -0.4 is 19.6 Å². The first-order valence-corrected chi connectivity index (χ1v) is 13.2. The number of hydrogen-bond donors (Lipinski definition) is 0. The highest BCUT2D eigenvalue weighted by Crippen LogP contribution is 2.31. The predicted molar refractivity (Wildman–Crippen MR) is 149 cm³/mol. The van der Waals surface area contributed by atoms with Crippen LogP contribution in [0.1, 0.15) is 29.7 Å². The standard InChI is InChI=1S/C29H22Cl2N2O4S/c1-17-25(28(35)36-2)26(20-7-11-22(31)12-8-20)33-27(34)24(38-29(33)32-17)15-18-5-13-23(14-6-18)37-16-19-3-9-21(30)10-4-19/h3-15,26H,16H2,1-2H3/b24-15-/t26-/m0/s1. The van der Waals surface area contributed by atoms with E-state index in [0.29, 0.717) is 43.0 Å². The van der Waals surface area contributed by atoms with Gasteiger partial charge in [-0.25, -0.2) is 9.79 Å². The SMILES string of the molecule is COC(=O)C1=C(C)N=c2s/c(=C\c3ccc(OCc4ccc(Cl)cc4)cc3)c(=O)n2[C@H]1c1ccc(Cl)cc1. The summed E-state index contributed by atoms with van der Waals surface area (Å²) in [5.74, 6) is 0.175. The summed E-state index contributed by atoms with van der Waals surface area (Å²) >= 11 is 13.3. The number of carbonyl (C=O) groups is 1. The molecule has 0 bridgehead atoms. The topological polar surface area (TPSA) is 69.9 Å². The van der Waals surface area contributed by atoms with Crippen LogP contribution in [0.25, 0.3) is 6.08 Å². The molecule has 0 unspecified atom stereocenters. The maximum Gasteiger partial charge on any atom is 0.338 e. The van der Waals surface area contributed by atoms with Crippen molar-refractivity contribution in [2.45, 2.75) is 19.6 Å². The molecule has 1 atom stereocenters. The Hall–Kier alpha value is -3.65. The third kappa shape index (κ3) is 5.31. The van der Waals surface area contributed by atoms with Crippen LogP contribution in [0.15, 0.2) is 93.9 Å². The lowest BCUT2D eigenvalue weighted by molar-refractivity contribution is -0.136. The molecule has 9 heteroatoms. The molecule has 0 N–H and O–H groups in total. The summed E-state index contributed by atoms with van der Waals surface area (Å²) in [6.45, 7) is 2.16. The van der Waals surface area contributed by atoms with Gasteiger partial charge in [-0.15, -0.1) is 0 Å². The van der Waals surface area contributed by atoms with Gasteiger partial charge in [0, 0.05) is 10.0 Å². The van der Waals surface area contributed by atoms with E-state index in [1.54, 1.807) is 35.8 Å². The molecule has 0 saturated heterocycles. The highest BCUT2D eigenvalue weighted by Gasteiger charge is 2.33. The fraction of sp³-hybridized carbons (Fsp3) is 0.138. The van der Waals surface area contributed by atoms with Gasteiger partial charge in [0.25, 0.3) is 5.56 Å². The first kappa shape index (κ1) is 26.0. The predicted octanol–water partition coefficient (Wildman–Crippen LogP) is 5.29. The maximum atomic E-state index is 13.6. The minimum Gasteiger partial charge on any atom is -0.489 e. The van der Waals surface area contributed by atoms with E-state index in [1.807, 2.05) is 54.6 Å². The van der Waals surface area contributed by atoms with Crippen molar-refractivity contribution in [3.63, 3.8) is 0 Å². The molecule has 1 aromatic heterocycles. The Labute approximate surface area is 232 Å². The van der Waals surface area contributed by atoms with E-state index < -0.39 is 12.0 Å². The first-order valence-electron chi connectivity index (χ1n) is 11.7. The minimum absolute atomic E-state index is 0.245. The second-order valence-electron chi connectivity index (χ2n) is 8.61. The number of thiazole rings is 1. The number of esters is 1. The number of benzene rings is 3. The van der Waals surface area contributed by atoms with Gasteiger partial charge >= 0.3 is 5.97 Å². The molecule has 5 rings (SSSR count). The average molecular weight is 565 g/mol. The number of fused-ring (bicyclic) bond motifs is 1. The van der Waals surface area contributed by atoms with Crippen molar-refractivity contribution in [1.29, 1.82) is 0 Å². The van der Waals surface area contributed by atoms with E-state index in [9.17, 15) is 9.59 Å². The number of carbonyl (C=O) groups excluding carboxylic acids is 1.